The number of carbonyl (C=O) groups excluding carboxylic acids is 2. The minimum atomic E-state index is -0.374. The molecule has 1 aromatic carbocycles. The van der Waals surface area contributed by atoms with Crippen LogP contribution in [0.5, 0.6) is 0 Å². The maximum absolute atomic E-state index is 13.2. The molecule has 2 aliphatic rings. The minimum absolute atomic E-state index is 0.0949. The van der Waals surface area contributed by atoms with Crippen molar-refractivity contribution in [3.05, 3.63) is 58.6 Å². The number of aromatic nitrogens is 2. The average molecular weight is 458 g/mol. The van der Waals surface area contributed by atoms with E-state index in [-0.39, 0.29) is 23.7 Å². The van der Waals surface area contributed by atoms with Gasteiger partial charge < -0.3 is 15.1 Å². The molecule has 1 N–H and O–H groups in total. The molecule has 0 spiro atoms. The Morgan fingerprint density at radius 2 is 1.84 bits per heavy atom. The number of anilines is 1. The fourth-order valence-corrected chi connectivity index (χ4v) is 4.26. The molecule has 0 atom stereocenters. The molecule has 2 aromatic rings. The predicted molar refractivity (Wildman–Crippen MR) is 121 cm³/mol. The van der Waals surface area contributed by atoms with E-state index in [0.29, 0.717) is 54.8 Å². The standard InChI is InChI=1S/C23H25ClFN5O2/c1-15(31)29-11-8-19(9-12-29)27-23-26-13-20(24)21(28-23)17-3-2-10-30(14-17)22(32)16-4-6-18(25)7-5-16/h3-7,13,19H,2,8-12,14H2,1H3,(H,26,27,28). The predicted octanol–water partition coefficient (Wildman–Crippen LogP) is 3.62. The number of piperidine rings is 1. The van der Waals surface area contributed by atoms with Gasteiger partial charge in [0.25, 0.3) is 5.91 Å². The number of halogens is 2. The molecule has 0 saturated carbocycles. The summed E-state index contributed by atoms with van der Waals surface area (Å²) in [7, 11) is 0. The van der Waals surface area contributed by atoms with Crippen molar-refractivity contribution in [3.63, 3.8) is 0 Å². The first-order chi connectivity index (χ1) is 15.4. The summed E-state index contributed by atoms with van der Waals surface area (Å²) in [6.07, 6.45) is 5.93. The van der Waals surface area contributed by atoms with Crippen molar-refractivity contribution in [1.82, 2.24) is 19.8 Å². The highest BCUT2D eigenvalue weighted by Gasteiger charge is 2.24. The van der Waals surface area contributed by atoms with Gasteiger partial charge in [-0.25, -0.2) is 14.4 Å². The van der Waals surface area contributed by atoms with Crippen LogP contribution in [0.2, 0.25) is 5.02 Å². The third-order valence-electron chi connectivity index (χ3n) is 5.85. The van der Waals surface area contributed by atoms with Gasteiger partial charge >= 0.3 is 0 Å². The van der Waals surface area contributed by atoms with Gasteiger partial charge in [-0.15, -0.1) is 0 Å². The van der Waals surface area contributed by atoms with E-state index in [1.54, 1.807) is 18.0 Å². The first kappa shape index (κ1) is 22.2. The second-order valence-corrected chi connectivity index (χ2v) is 8.47. The molecular weight excluding hydrogens is 433 g/mol. The van der Waals surface area contributed by atoms with Gasteiger partial charge in [-0.2, -0.15) is 0 Å². The Balaban J connectivity index is 1.45. The number of likely N-dealkylation sites (tertiary alicyclic amines) is 1. The number of rotatable bonds is 4. The van der Waals surface area contributed by atoms with Crippen LogP contribution in [0.3, 0.4) is 0 Å². The zero-order valence-corrected chi connectivity index (χ0v) is 18.6. The molecule has 1 saturated heterocycles. The highest BCUT2D eigenvalue weighted by atomic mass is 35.5. The third kappa shape index (κ3) is 5.07. The number of hydrogen-bond donors (Lipinski definition) is 1. The van der Waals surface area contributed by atoms with Crippen LogP contribution in [0.4, 0.5) is 10.3 Å². The summed E-state index contributed by atoms with van der Waals surface area (Å²) in [5.41, 5.74) is 1.90. The molecule has 2 aliphatic heterocycles. The molecule has 1 fully saturated rings. The van der Waals surface area contributed by atoms with Crippen LogP contribution in [0, 0.1) is 5.82 Å². The van der Waals surface area contributed by atoms with Gasteiger partial charge in [0.2, 0.25) is 11.9 Å². The summed E-state index contributed by atoms with van der Waals surface area (Å²) >= 11 is 6.41. The van der Waals surface area contributed by atoms with Crippen molar-refractivity contribution in [2.75, 3.05) is 31.5 Å². The zero-order chi connectivity index (χ0) is 22.7. The van der Waals surface area contributed by atoms with E-state index in [0.717, 1.165) is 18.4 Å². The Hall–Kier alpha value is -3.00. The van der Waals surface area contributed by atoms with Gasteiger partial charge in [0.1, 0.15) is 5.82 Å². The van der Waals surface area contributed by atoms with Crippen molar-refractivity contribution >= 4 is 34.9 Å². The highest BCUT2D eigenvalue weighted by Crippen LogP contribution is 2.27. The van der Waals surface area contributed by atoms with E-state index in [2.05, 4.69) is 15.3 Å². The van der Waals surface area contributed by atoms with Crippen molar-refractivity contribution < 1.29 is 14.0 Å². The molecular formula is C23H25ClFN5O2. The van der Waals surface area contributed by atoms with Crippen LogP contribution >= 0.6 is 11.6 Å². The Labute approximate surface area is 191 Å². The summed E-state index contributed by atoms with van der Waals surface area (Å²) in [6, 6.07) is 5.73. The van der Waals surface area contributed by atoms with Crippen LogP contribution in [-0.2, 0) is 4.79 Å². The SMILES string of the molecule is CC(=O)N1CCC(Nc2ncc(Cl)c(C3=CCCN(C(=O)c4ccc(F)cc4)C3)n2)CC1. The second kappa shape index (κ2) is 9.65. The van der Waals surface area contributed by atoms with Crippen LogP contribution in [-0.4, -0.2) is 63.8 Å². The first-order valence-corrected chi connectivity index (χ1v) is 11.1. The summed E-state index contributed by atoms with van der Waals surface area (Å²) in [6.45, 7) is 3.94. The molecule has 168 valence electrons. The molecule has 7 nitrogen and oxygen atoms in total. The molecule has 32 heavy (non-hydrogen) atoms. The van der Waals surface area contributed by atoms with Gasteiger partial charge in [0, 0.05) is 44.7 Å². The summed E-state index contributed by atoms with van der Waals surface area (Å²) in [5, 5.41) is 3.77. The summed E-state index contributed by atoms with van der Waals surface area (Å²) in [4.78, 5) is 36.9. The molecule has 0 aliphatic carbocycles. The van der Waals surface area contributed by atoms with Gasteiger partial charge in [-0.1, -0.05) is 17.7 Å². The van der Waals surface area contributed by atoms with Crippen molar-refractivity contribution in [3.8, 4) is 0 Å². The second-order valence-electron chi connectivity index (χ2n) is 8.07. The molecule has 0 bridgehead atoms. The van der Waals surface area contributed by atoms with Crippen LogP contribution in [0.1, 0.15) is 42.2 Å². The lowest BCUT2D eigenvalue weighted by Gasteiger charge is -2.32. The monoisotopic (exact) mass is 457 g/mol. The van der Waals surface area contributed by atoms with Gasteiger partial charge in [-0.05, 0) is 49.1 Å². The fraction of sp³-hybridized carbons (Fsp3) is 0.391. The van der Waals surface area contributed by atoms with E-state index in [1.807, 2.05) is 11.0 Å². The Kier molecular flexibility index (Phi) is 6.69. The molecule has 2 amide bonds. The van der Waals surface area contributed by atoms with Gasteiger partial charge in [0.05, 0.1) is 16.9 Å². The van der Waals surface area contributed by atoms with Crippen molar-refractivity contribution in [1.29, 1.82) is 0 Å². The largest absolute Gasteiger partial charge is 0.351 e. The van der Waals surface area contributed by atoms with E-state index in [4.69, 9.17) is 11.6 Å². The quantitative estimate of drug-likeness (QED) is 0.758. The number of hydrogen-bond acceptors (Lipinski definition) is 5. The maximum atomic E-state index is 13.2. The summed E-state index contributed by atoms with van der Waals surface area (Å²) in [5.74, 6) is 0.0444. The number of nitrogens with one attached hydrogen (secondary N) is 1. The third-order valence-corrected chi connectivity index (χ3v) is 6.13. The lowest BCUT2D eigenvalue weighted by atomic mass is 10.0. The lowest BCUT2D eigenvalue weighted by Crippen LogP contribution is -2.41. The number of amides is 2. The first-order valence-electron chi connectivity index (χ1n) is 10.7. The van der Waals surface area contributed by atoms with E-state index >= 15 is 0 Å². The van der Waals surface area contributed by atoms with Gasteiger partial charge in [-0.3, -0.25) is 9.59 Å². The highest BCUT2D eigenvalue weighted by molar-refractivity contribution is 6.32. The molecule has 0 radical (unpaired) electrons. The van der Waals surface area contributed by atoms with Crippen LogP contribution in [0.15, 0.2) is 36.5 Å². The normalized spacial score (nSPS) is 17.2. The Bertz CT molecular complexity index is 1040. The average Bonchev–Trinajstić information content (AvgIpc) is 2.81. The lowest BCUT2D eigenvalue weighted by molar-refractivity contribution is -0.129. The number of nitrogens with zero attached hydrogens (tertiary/aromatic N) is 4. The summed E-state index contributed by atoms with van der Waals surface area (Å²) < 4.78 is 13.2. The van der Waals surface area contributed by atoms with Crippen LogP contribution in [0.25, 0.3) is 5.57 Å². The number of benzene rings is 1. The molecule has 1 aromatic heterocycles. The van der Waals surface area contributed by atoms with Gasteiger partial charge in [0.15, 0.2) is 0 Å². The topological polar surface area (TPSA) is 78.4 Å². The van der Waals surface area contributed by atoms with E-state index < -0.39 is 0 Å². The minimum Gasteiger partial charge on any atom is -0.351 e. The molecule has 9 heteroatoms. The Morgan fingerprint density at radius 1 is 1.12 bits per heavy atom. The number of carbonyl (C=O) groups is 2. The molecule has 4 rings (SSSR count). The van der Waals surface area contributed by atoms with Crippen molar-refractivity contribution in [2.24, 2.45) is 0 Å². The van der Waals surface area contributed by atoms with E-state index in [1.165, 1.54) is 24.3 Å². The Morgan fingerprint density at radius 3 is 2.53 bits per heavy atom. The smallest absolute Gasteiger partial charge is 0.254 e. The van der Waals surface area contributed by atoms with Crippen molar-refractivity contribution in [2.45, 2.75) is 32.2 Å². The molecule has 0 unspecified atom stereocenters. The van der Waals surface area contributed by atoms with Crippen LogP contribution < -0.4 is 5.32 Å². The zero-order valence-electron chi connectivity index (χ0n) is 17.9. The fourth-order valence-electron chi connectivity index (χ4n) is 4.05. The van der Waals surface area contributed by atoms with E-state index in [9.17, 15) is 14.0 Å². The maximum Gasteiger partial charge on any atom is 0.254 e. The molecule has 3 heterocycles.